The van der Waals surface area contributed by atoms with Crippen LogP contribution >= 0.6 is 0 Å². The van der Waals surface area contributed by atoms with Gasteiger partial charge in [-0.05, 0) is 18.2 Å². The smallest absolute Gasteiger partial charge is 0.433 e. The molecule has 3 heterocycles. The first-order valence-electron chi connectivity index (χ1n) is 11.7. The first-order valence-corrected chi connectivity index (χ1v) is 11.7. The number of nitrogens with zero attached hydrogens (tertiary/aromatic N) is 5. The lowest BCUT2D eigenvalue weighted by Crippen LogP contribution is -2.47. The van der Waals surface area contributed by atoms with Crippen LogP contribution in [0.25, 0.3) is 10.9 Å². The molecule has 5 rings (SSSR count). The fraction of sp³-hybridized carbons (Fsp3) is 0.269. The molecule has 0 aliphatic carbocycles. The number of pyridine rings is 1. The van der Waals surface area contributed by atoms with Crippen LogP contribution in [0.1, 0.15) is 5.69 Å². The van der Waals surface area contributed by atoms with Crippen molar-refractivity contribution < 1.29 is 27.0 Å². The molecule has 38 heavy (non-hydrogen) atoms. The number of alkyl halides is 3. The first kappa shape index (κ1) is 25.3. The number of methoxy groups -OCH3 is 2. The fourth-order valence-corrected chi connectivity index (χ4v) is 4.36. The van der Waals surface area contributed by atoms with Gasteiger partial charge in [0.2, 0.25) is 5.95 Å². The van der Waals surface area contributed by atoms with E-state index in [0.717, 1.165) is 17.1 Å². The zero-order valence-corrected chi connectivity index (χ0v) is 20.6. The Bertz CT molecular complexity index is 1440. The topological polar surface area (TPSA) is 75.6 Å². The average Bonchev–Trinajstić information content (AvgIpc) is 2.91. The Morgan fingerprint density at radius 3 is 2.18 bits per heavy atom. The molecular weight excluding hydrogens is 504 g/mol. The van der Waals surface area contributed by atoms with Crippen molar-refractivity contribution in [2.24, 2.45) is 0 Å². The number of ether oxygens (including phenoxy) is 2. The molecule has 0 bridgehead atoms. The van der Waals surface area contributed by atoms with Crippen LogP contribution in [0.5, 0.6) is 11.5 Å². The SMILES string of the molecule is COc1cc(Nc2nc(N3CCN(c4ccnc5cc(F)ccc45)CC3)cc(C(F)(F)F)n2)cc(OC)c1. The summed E-state index contributed by atoms with van der Waals surface area (Å²) in [6.45, 7) is 1.90. The predicted molar refractivity (Wildman–Crippen MR) is 136 cm³/mol. The largest absolute Gasteiger partial charge is 0.497 e. The Balaban J connectivity index is 1.40. The minimum absolute atomic E-state index is 0.158. The summed E-state index contributed by atoms with van der Waals surface area (Å²) < 4.78 is 65.3. The molecule has 8 nitrogen and oxygen atoms in total. The Morgan fingerprint density at radius 2 is 1.53 bits per heavy atom. The van der Waals surface area contributed by atoms with Crippen molar-refractivity contribution in [3.8, 4) is 11.5 Å². The second kappa shape index (κ2) is 10.2. The summed E-state index contributed by atoms with van der Waals surface area (Å²) in [6.07, 6.45) is -3.04. The fourth-order valence-electron chi connectivity index (χ4n) is 4.36. The number of fused-ring (bicyclic) bond motifs is 1. The van der Waals surface area contributed by atoms with E-state index in [4.69, 9.17) is 9.47 Å². The lowest BCUT2D eigenvalue weighted by Gasteiger charge is -2.37. The van der Waals surface area contributed by atoms with E-state index >= 15 is 0 Å². The van der Waals surface area contributed by atoms with Crippen LogP contribution in [0.3, 0.4) is 0 Å². The first-order chi connectivity index (χ1) is 18.2. The van der Waals surface area contributed by atoms with Gasteiger partial charge in [0.05, 0.1) is 19.7 Å². The van der Waals surface area contributed by atoms with Crippen LogP contribution in [-0.2, 0) is 6.18 Å². The quantitative estimate of drug-likeness (QED) is 0.340. The standard InChI is InChI=1S/C26H24F4N6O2/c1-37-18-12-17(13-19(14-18)38-2)32-25-33-23(26(28,29)30)15-24(34-25)36-9-7-35(8-10-36)22-5-6-31-21-11-16(27)3-4-20(21)22/h3-6,11-15H,7-10H2,1-2H3,(H,32,33,34). The minimum Gasteiger partial charge on any atom is -0.497 e. The molecule has 2 aromatic carbocycles. The third kappa shape index (κ3) is 5.34. The Hall–Kier alpha value is -4.35. The van der Waals surface area contributed by atoms with E-state index in [0.29, 0.717) is 48.9 Å². The van der Waals surface area contributed by atoms with Crippen molar-refractivity contribution in [1.82, 2.24) is 15.0 Å². The number of anilines is 4. The third-order valence-electron chi connectivity index (χ3n) is 6.24. The molecule has 0 saturated carbocycles. The average molecular weight is 529 g/mol. The van der Waals surface area contributed by atoms with Gasteiger partial charge in [0, 0.05) is 79.5 Å². The maximum absolute atomic E-state index is 13.7. The van der Waals surface area contributed by atoms with Crippen molar-refractivity contribution in [3.63, 3.8) is 0 Å². The van der Waals surface area contributed by atoms with Crippen LogP contribution in [0.2, 0.25) is 0 Å². The molecule has 2 aromatic heterocycles. The summed E-state index contributed by atoms with van der Waals surface area (Å²) in [4.78, 5) is 16.2. The van der Waals surface area contributed by atoms with Gasteiger partial charge in [-0.15, -0.1) is 0 Å². The lowest BCUT2D eigenvalue weighted by atomic mass is 10.1. The number of rotatable bonds is 6. The zero-order valence-electron chi connectivity index (χ0n) is 20.6. The van der Waals surface area contributed by atoms with E-state index in [2.05, 4.69) is 25.2 Å². The van der Waals surface area contributed by atoms with Crippen LogP contribution < -0.4 is 24.6 Å². The van der Waals surface area contributed by atoms with E-state index in [1.165, 1.54) is 26.4 Å². The Morgan fingerprint density at radius 1 is 0.842 bits per heavy atom. The van der Waals surface area contributed by atoms with Crippen molar-refractivity contribution in [1.29, 1.82) is 0 Å². The van der Waals surface area contributed by atoms with E-state index in [9.17, 15) is 17.6 Å². The van der Waals surface area contributed by atoms with E-state index < -0.39 is 11.9 Å². The monoisotopic (exact) mass is 528 g/mol. The van der Waals surface area contributed by atoms with Crippen molar-refractivity contribution in [3.05, 3.63) is 66.2 Å². The molecule has 1 N–H and O–H groups in total. The molecule has 0 atom stereocenters. The van der Waals surface area contributed by atoms with Crippen LogP contribution in [-0.4, -0.2) is 55.4 Å². The number of piperazine rings is 1. The molecule has 0 amide bonds. The summed E-state index contributed by atoms with van der Waals surface area (Å²) >= 11 is 0. The molecule has 1 saturated heterocycles. The summed E-state index contributed by atoms with van der Waals surface area (Å²) in [5.41, 5.74) is 0.796. The molecule has 1 fully saturated rings. The van der Waals surface area contributed by atoms with Gasteiger partial charge in [-0.2, -0.15) is 18.2 Å². The molecule has 198 valence electrons. The van der Waals surface area contributed by atoms with Gasteiger partial charge in [0.25, 0.3) is 0 Å². The van der Waals surface area contributed by atoms with Crippen molar-refractivity contribution >= 4 is 34.0 Å². The minimum atomic E-state index is -4.66. The van der Waals surface area contributed by atoms with E-state index in [-0.39, 0.29) is 17.6 Å². The maximum atomic E-state index is 13.7. The van der Waals surface area contributed by atoms with Gasteiger partial charge in [0.15, 0.2) is 5.69 Å². The second-order valence-corrected chi connectivity index (χ2v) is 8.62. The van der Waals surface area contributed by atoms with Gasteiger partial charge >= 0.3 is 6.18 Å². The Labute approximate surface area is 215 Å². The molecule has 0 unspecified atom stereocenters. The molecule has 0 radical (unpaired) electrons. The highest BCUT2D eigenvalue weighted by Gasteiger charge is 2.34. The normalized spacial score (nSPS) is 14.1. The lowest BCUT2D eigenvalue weighted by molar-refractivity contribution is -0.141. The van der Waals surface area contributed by atoms with Gasteiger partial charge < -0.3 is 24.6 Å². The molecule has 4 aromatic rings. The molecule has 0 spiro atoms. The maximum Gasteiger partial charge on any atom is 0.433 e. The highest BCUT2D eigenvalue weighted by molar-refractivity contribution is 5.91. The van der Waals surface area contributed by atoms with Crippen LogP contribution in [0.15, 0.2) is 54.7 Å². The summed E-state index contributed by atoms with van der Waals surface area (Å²) in [7, 11) is 2.95. The number of hydrogen-bond acceptors (Lipinski definition) is 8. The second-order valence-electron chi connectivity index (χ2n) is 8.62. The molecular formula is C26H24F4N6O2. The highest BCUT2D eigenvalue weighted by atomic mass is 19.4. The number of benzene rings is 2. The van der Waals surface area contributed by atoms with E-state index in [1.54, 1.807) is 35.4 Å². The van der Waals surface area contributed by atoms with E-state index in [1.807, 2.05) is 6.07 Å². The number of halogens is 4. The Kier molecular flexibility index (Phi) is 6.79. The third-order valence-corrected chi connectivity index (χ3v) is 6.24. The summed E-state index contributed by atoms with van der Waals surface area (Å²) in [5.74, 6) is 0.511. The molecule has 1 aliphatic rings. The summed E-state index contributed by atoms with van der Waals surface area (Å²) in [6, 6.07) is 12.1. The van der Waals surface area contributed by atoms with Gasteiger partial charge in [-0.3, -0.25) is 4.98 Å². The highest BCUT2D eigenvalue weighted by Crippen LogP contribution is 2.33. The van der Waals surface area contributed by atoms with Crippen LogP contribution in [0, 0.1) is 5.82 Å². The number of aromatic nitrogens is 3. The molecule has 12 heteroatoms. The van der Waals surface area contributed by atoms with Crippen LogP contribution in [0.4, 0.5) is 40.7 Å². The number of hydrogen-bond donors (Lipinski definition) is 1. The van der Waals surface area contributed by atoms with Crippen molar-refractivity contribution in [2.75, 3.05) is 55.5 Å². The summed E-state index contributed by atoms with van der Waals surface area (Å²) in [5, 5.41) is 3.66. The van der Waals surface area contributed by atoms with Crippen molar-refractivity contribution in [2.45, 2.75) is 6.18 Å². The van der Waals surface area contributed by atoms with Gasteiger partial charge in [-0.25, -0.2) is 9.37 Å². The van der Waals surface area contributed by atoms with Gasteiger partial charge in [0.1, 0.15) is 23.1 Å². The zero-order chi connectivity index (χ0) is 26.9. The van der Waals surface area contributed by atoms with Gasteiger partial charge in [-0.1, -0.05) is 0 Å². The molecule has 1 aliphatic heterocycles. The predicted octanol–water partition coefficient (Wildman–Crippen LogP) is 5.27. The number of nitrogens with one attached hydrogen (secondary N) is 1.